The maximum atomic E-state index is 6.08. The van der Waals surface area contributed by atoms with Crippen LogP contribution < -0.4 is 5.32 Å². The molecule has 0 heterocycles. The molecule has 1 nitrogen and oxygen atoms in total. The van der Waals surface area contributed by atoms with Crippen LogP contribution in [-0.2, 0) is 6.54 Å². The van der Waals surface area contributed by atoms with E-state index in [0.29, 0.717) is 6.04 Å². The Labute approximate surface area is 108 Å². The van der Waals surface area contributed by atoms with Gasteiger partial charge in [0.05, 0.1) is 0 Å². The van der Waals surface area contributed by atoms with Crippen molar-refractivity contribution in [1.29, 1.82) is 0 Å². The highest BCUT2D eigenvalue weighted by atomic mass is 35.5. The molecule has 1 aromatic carbocycles. The number of benzene rings is 1. The summed E-state index contributed by atoms with van der Waals surface area (Å²) in [6, 6.07) is 6.80. The van der Waals surface area contributed by atoms with Gasteiger partial charge in [-0.15, -0.1) is 0 Å². The Bertz CT molecular complexity index is 328. The maximum absolute atomic E-state index is 6.08. The fourth-order valence-electron chi connectivity index (χ4n) is 1.39. The van der Waals surface area contributed by atoms with Crippen molar-refractivity contribution in [2.45, 2.75) is 33.4 Å². The van der Waals surface area contributed by atoms with Crippen LogP contribution in [0.25, 0.3) is 0 Å². The van der Waals surface area contributed by atoms with Crippen LogP contribution >= 0.6 is 23.4 Å². The molecule has 0 bridgehead atoms. The van der Waals surface area contributed by atoms with Gasteiger partial charge < -0.3 is 5.32 Å². The van der Waals surface area contributed by atoms with E-state index in [1.54, 1.807) is 0 Å². The second-order valence-corrected chi connectivity index (χ2v) is 5.75. The Hall–Kier alpha value is -0.180. The van der Waals surface area contributed by atoms with E-state index in [0.717, 1.165) is 22.9 Å². The minimum absolute atomic E-state index is 0.546. The molecule has 0 radical (unpaired) electrons. The van der Waals surface area contributed by atoms with E-state index < -0.39 is 0 Å². The fraction of sp³-hybridized carbons (Fsp3) is 0.538. The zero-order chi connectivity index (χ0) is 12.0. The first-order chi connectivity index (χ1) is 7.63. The monoisotopic (exact) mass is 257 g/mol. The smallest absolute Gasteiger partial charge is 0.0438 e. The molecule has 1 aromatic rings. The van der Waals surface area contributed by atoms with Crippen LogP contribution in [-0.4, -0.2) is 17.5 Å². The molecule has 0 saturated heterocycles. The van der Waals surface area contributed by atoms with Gasteiger partial charge in [-0.3, -0.25) is 0 Å². The van der Waals surface area contributed by atoms with Crippen LogP contribution in [0.3, 0.4) is 0 Å². The third kappa shape index (κ3) is 4.77. The average molecular weight is 258 g/mol. The summed E-state index contributed by atoms with van der Waals surface area (Å²) in [7, 11) is 0. The highest BCUT2D eigenvalue weighted by Crippen LogP contribution is 2.16. The van der Waals surface area contributed by atoms with Crippen LogP contribution in [0.1, 0.15) is 25.0 Å². The molecule has 1 N–H and O–H groups in total. The molecule has 0 fully saturated rings. The minimum Gasteiger partial charge on any atom is -0.309 e. The molecule has 0 spiro atoms. The first-order valence-electron chi connectivity index (χ1n) is 5.69. The van der Waals surface area contributed by atoms with Crippen molar-refractivity contribution in [3.63, 3.8) is 0 Å². The maximum Gasteiger partial charge on any atom is 0.0438 e. The van der Waals surface area contributed by atoms with Gasteiger partial charge in [0, 0.05) is 23.4 Å². The molecule has 3 heteroatoms. The molecule has 0 amide bonds. The summed E-state index contributed by atoms with van der Waals surface area (Å²) in [6.07, 6.45) is 0. The summed E-state index contributed by atoms with van der Waals surface area (Å²) >= 11 is 8.05. The zero-order valence-electron chi connectivity index (χ0n) is 10.2. The van der Waals surface area contributed by atoms with E-state index in [-0.39, 0.29) is 0 Å². The predicted octanol–water partition coefficient (Wildman–Crippen LogP) is 3.88. The molecule has 0 aliphatic rings. The third-order valence-corrected chi connectivity index (χ3v) is 4.01. The Kier molecular flexibility index (Phi) is 6.25. The Morgan fingerprint density at radius 2 is 2.19 bits per heavy atom. The molecular weight excluding hydrogens is 238 g/mol. The lowest BCUT2D eigenvalue weighted by Gasteiger charge is -2.13. The van der Waals surface area contributed by atoms with Gasteiger partial charge in [-0.05, 0) is 36.8 Å². The number of rotatable bonds is 6. The Morgan fingerprint density at radius 3 is 2.81 bits per heavy atom. The predicted molar refractivity (Wildman–Crippen MR) is 75.5 cm³/mol. The SMILES string of the molecule is CCSCC(C)NCc1ccc(C)c(Cl)c1. The highest BCUT2D eigenvalue weighted by Gasteiger charge is 2.02. The quantitative estimate of drug-likeness (QED) is 0.830. The molecule has 0 aromatic heterocycles. The van der Waals surface area contributed by atoms with Crippen LogP contribution in [0.4, 0.5) is 0 Å². The largest absolute Gasteiger partial charge is 0.309 e. The van der Waals surface area contributed by atoms with Gasteiger partial charge in [-0.25, -0.2) is 0 Å². The Balaban J connectivity index is 2.39. The van der Waals surface area contributed by atoms with Gasteiger partial charge >= 0.3 is 0 Å². The molecule has 1 rings (SSSR count). The molecule has 0 aliphatic carbocycles. The van der Waals surface area contributed by atoms with Crippen molar-refractivity contribution in [3.8, 4) is 0 Å². The van der Waals surface area contributed by atoms with Crippen LogP contribution in [0.15, 0.2) is 18.2 Å². The Morgan fingerprint density at radius 1 is 1.44 bits per heavy atom. The molecule has 0 saturated carbocycles. The molecule has 1 atom stereocenters. The molecule has 90 valence electrons. The fourth-order valence-corrected chi connectivity index (χ4v) is 2.30. The number of halogens is 1. The summed E-state index contributed by atoms with van der Waals surface area (Å²) in [5.41, 5.74) is 2.39. The van der Waals surface area contributed by atoms with Crippen molar-refractivity contribution in [3.05, 3.63) is 34.3 Å². The summed E-state index contributed by atoms with van der Waals surface area (Å²) in [4.78, 5) is 0. The number of aryl methyl sites for hydroxylation is 1. The van der Waals surface area contributed by atoms with Gasteiger partial charge in [0.1, 0.15) is 0 Å². The topological polar surface area (TPSA) is 12.0 Å². The van der Waals surface area contributed by atoms with E-state index >= 15 is 0 Å². The van der Waals surface area contributed by atoms with E-state index in [1.807, 2.05) is 24.8 Å². The average Bonchev–Trinajstić information content (AvgIpc) is 2.28. The standard InChI is InChI=1S/C13H20ClNS/c1-4-16-9-11(3)15-8-12-6-5-10(2)13(14)7-12/h5-7,11,15H,4,8-9H2,1-3H3. The minimum atomic E-state index is 0.546. The van der Waals surface area contributed by atoms with Crippen molar-refractivity contribution in [2.24, 2.45) is 0 Å². The van der Waals surface area contributed by atoms with Gasteiger partial charge in [0.2, 0.25) is 0 Å². The molecule has 1 unspecified atom stereocenters. The van der Waals surface area contributed by atoms with Gasteiger partial charge in [-0.2, -0.15) is 11.8 Å². The molecule has 0 aliphatic heterocycles. The normalized spacial score (nSPS) is 12.8. The van der Waals surface area contributed by atoms with Crippen LogP contribution in [0.5, 0.6) is 0 Å². The van der Waals surface area contributed by atoms with E-state index in [4.69, 9.17) is 11.6 Å². The van der Waals surface area contributed by atoms with Crippen molar-refractivity contribution in [2.75, 3.05) is 11.5 Å². The van der Waals surface area contributed by atoms with E-state index in [2.05, 4.69) is 31.3 Å². The number of hydrogen-bond acceptors (Lipinski definition) is 2. The van der Waals surface area contributed by atoms with Crippen molar-refractivity contribution < 1.29 is 0 Å². The number of nitrogens with one attached hydrogen (secondary N) is 1. The van der Waals surface area contributed by atoms with Crippen molar-refractivity contribution >= 4 is 23.4 Å². The third-order valence-electron chi connectivity index (χ3n) is 2.46. The number of hydrogen-bond donors (Lipinski definition) is 1. The second kappa shape index (κ2) is 7.21. The first kappa shape index (κ1) is 13.9. The van der Waals surface area contributed by atoms with Crippen LogP contribution in [0, 0.1) is 6.92 Å². The van der Waals surface area contributed by atoms with Gasteiger partial charge in [0.25, 0.3) is 0 Å². The lowest BCUT2D eigenvalue weighted by Crippen LogP contribution is -2.27. The summed E-state index contributed by atoms with van der Waals surface area (Å²) in [5, 5.41) is 4.36. The molecular formula is C13H20ClNS. The van der Waals surface area contributed by atoms with Crippen molar-refractivity contribution in [1.82, 2.24) is 5.32 Å². The lowest BCUT2D eigenvalue weighted by molar-refractivity contribution is 0.596. The van der Waals surface area contributed by atoms with E-state index in [1.165, 1.54) is 11.3 Å². The lowest BCUT2D eigenvalue weighted by atomic mass is 10.1. The number of thioether (sulfide) groups is 1. The molecule has 16 heavy (non-hydrogen) atoms. The van der Waals surface area contributed by atoms with Gasteiger partial charge in [-0.1, -0.05) is 30.7 Å². The summed E-state index contributed by atoms with van der Waals surface area (Å²) < 4.78 is 0. The zero-order valence-corrected chi connectivity index (χ0v) is 11.8. The highest BCUT2D eigenvalue weighted by molar-refractivity contribution is 7.99. The summed E-state index contributed by atoms with van der Waals surface area (Å²) in [6.45, 7) is 7.33. The van der Waals surface area contributed by atoms with E-state index in [9.17, 15) is 0 Å². The van der Waals surface area contributed by atoms with Gasteiger partial charge in [0.15, 0.2) is 0 Å². The summed E-state index contributed by atoms with van der Waals surface area (Å²) in [5.74, 6) is 2.35. The second-order valence-electron chi connectivity index (χ2n) is 4.02. The first-order valence-corrected chi connectivity index (χ1v) is 7.23. The van der Waals surface area contributed by atoms with Crippen LogP contribution in [0.2, 0.25) is 5.02 Å².